The Morgan fingerprint density at radius 3 is 2.27 bits per heavy atom. The first-order valence-electron chi connectivity index (χ1n) is 8.56. The number of aryl methyl sites for hydroxylation is 1. The largest absolute Gasteiger partial charge is 0.416 e. The molecular weight excluding hydrogens is 350 g/mol. The second kappa shape index (κ2) is 6.66. The van der Waals surface area contributed by atoms with Gasteiger partial charge < -0.3 is 4.42 Å². The van der Waals surface area contributed by atoms with Gasteiger partial charge in [0.2, 0.25) is 21.8 Å². The van der Waals surface area contributed by atoms with Crippen molar-refractivity contribution in [2.75, 3.05) is 13.1 Å². The van der Waals surface area contributed by atoms with Crippen molar-refractivity contribution >= 4 is 10.0 Å². The van der Waals surface area contributed by atoms with Crippen LogP contribution in [0.15, 0.2) is 57.8 Å². The minimum atomic E-state index is -3.50. The van der Waals surface area contributed by atoms with E-state index in [1.54, 1.807) is 29.4 Å². The number of nitrogens with zero attached hydrogens (tertiary/aromatic N) is 3. The highest BCUT2D eigenvalue weighted by atomic mass is 32.2. The van der Waals surface area contributed by atoms with E-state index >= 15 is 0 Å². The van der Waals surface area contributed by atoms with Gasteiger partial charge in [-0.25, -0.2) is 8.42 Å². The molecule has 26 heavy (non-hydrogen) atoms. The molecule has 2 aromatic carbocycles. The second-order valence-electron chi connectivity index (χ2n) is 6.37. The van der Waals surface area contributed by atoms with Crippen LogP contribution in [0.2, 0.25) is 0 Å². The van der Waals surface area contributed by atoms with Crippen LogP contribution in [0.3, 0.4) is 0 Å². The summed E-state index contributed by atoms with van der Waals surface area (Å²) < 4.78 is 33.2. The van der Waals surface area contributed by atoms with Gasteiger partial charge in [0, 0.05) is 24.2 Å². The fraction of sp³-hybridized carbons (Fsp3) is 0.263. The molecule has 0 saturated carbocycles. The molecule has 3 aromatic rings. The maximum Gasteiger partial charge on any atom is 0.248 e. The fourth-order valence-corrected chi connectivity index (χ4v) is 4.88. The zero-order valence-electron chi connectivity index (χ0n) is 14.4. The third-order valence-corrected chi connectivity index (χ3v) is 6.60. The monoisotopic (exact) mass is 369 g/mol. The van der Waals surface area contributed by atoms with Gasteiger partial charge in [0.15, 0.2) is 0 Å². The Balaban J connectivity index is 1.72. The average molecular weight is 369 g/mol. The third-order valence-electron chi connectivity index (χ3n) is 4.56. The zero-order valence-corrected chi connectivity index (χ0v) is 15.2. The quantitative estimate of drug-likeness (QED) is 0.703. The van der Waals surface area contributed by atoms with Crippen molar-refractivity contribution in [2.45, 2.75) is 24.7 Å². The molecule has 134 valence electrons. The number of rotatable bonds is 4. The van der Waals surface area contributed by atoms with Crippen LogP contribution in [0.5, 0.6) is 0 Å². The molecule has 0 radical (unpaired) electrons. The number of hydrogen-bond donors (Lipinski definition) is 0. The van der Waals surface area contributed by atoms with Gasteiger partial charge in [0.1, 0.15) is 0 Å². The van der Waals surface area contributed by atoms with Gasteiger partial charge in [0.05, 0.1) is 4.90 Å². The van der Waals surface area contributed by atoms with E-state index in [2.05, 4.69) is 10.2 Å². The summed E-state index contributed by atoms with van der Waals surface area (Å²) in [6.07, 6.45) is 1.81. The smallest absolute Gasteiger partial charge is 0.248 e. The summed E-state index contributed by atoms with van der Waals surface area (Å²) in [6, 6.07) is 14.7. The SMILES string of the molecule is Cc1ccc(-c2nnc(-c3ccccc3)o2)cc1S(=O)(=O)N1CCCC1. The van der Waals surface area contributed by atoms with Gasteiger partial charge in [-0.1, -0.05) is 24.3 Å². The highest BCUT2D eigenvalue weighted by molar-refractivity contribution is 7.89. The van der Waals surface area contributed by atoms with Crippen LogP contribution in [-0.4, -0.2) is 36.0 Å². The Bertz CT molecular complexity index is 1020. The Hall–Kier alpha value is -2.51. The lowest BCUT2D eigenvalue weighted by molar-refractivity contribution is 0.477. The normalized spacial score (nSPS) is 15.4. The van der Waals surface area contributed by atoms with E-state index in [4.69, 9.17) is 4.42 Å². The molecular formula is C19H19N3O3S. The van der Waals surface area contributed by atoms with Gasteiger partial charge in [0.25, 0.3) is 0 Å². The van der Waals surface area contributed by atoms with Crippen LogP contribution in [0.4, 0.5) is 0 Å². The molecule has 6 nitrogen and oxygen atoms in total. The van der Waals surface area contributed by atoms with E-state index in [-0.39, 0.29) is 0 Å². The lowest BCUT2D eigenvalue weighted by Gasteiger charge is -2.17. The first-order valence-corrected chi connectivity index (χ1v) is 10.00. The van der Waals surface area contributed by atoms with Crippen molar-refractivity contribution in [3.05, 3.63) is 54.1 Å². The summed E-state index contributed by atoms with van der Waals surface area (Å²) in [5, 5.41) is 8.17. The summed E-state index contributed by atoms with van der Waals surface area (Å²) >= 11 is 0. The van der Waals surface area contributed by atoms with E-state index in [1.165, 1.54) is 0 Å². The highest BCUT2D eigenvalue weighted by Crippen LogP contribution is 2.29. The summed E-state index contributed by atoms with van der Waals surface area (Å²) in [4.78, 5) is 0.302. The van der Waals surface area contributed by atoms with E-state index in [0.717, 1.165) is 18.4 Å². The van der Waals surface area contributed by atoms with Crippen molar-refractivity contribution in [3.63, 3.8) is 0 Å². The highest BCUT2D eigenvalue weighted by Gasteiger charge is 2.29. The molecule has 0 amide bonds. The molecule has 1 fully saturated rings. The van der Waals surface area contributed by atoms with Crippen LogP contribution >= 0.6 is 0 Å². The topological polar surface area (TPSA) is 76.3 Å². The molecule has 1 aromatic heterocycles. The lowest BCUT2D eigenvalue weighted by Crippen LogP contribution is -2.28. The summed E-state index contributed by atoms with van der Waals surface area (Å²) in [5.74, 6) is 0.715. The first kappa shape index (κ1) is 16.9. The second-order valence-corrected chi connectivity index (χ2v) is 8.28. The Morgan fingerprint density at radius 2 is 1.58 bits per heavy atom. The minimum Gasteiger partial charge on any atom is -0.416 e. The Morgan fingerprint density at radius 1 is 0.923 bits per heavy atom. The van der Waals surface area contributed by atoms with Crippen molar-refractivity contribution < 1.29 is 12.8 Å². The van der Waals surface area contributed by atoms with Gasteiger partial charge in [-0.3, -0.25) is 0 Å². The van der Waals surface area contributed by atoms with E-state index in [0.29, 0.717) is 40.9 Å². The van der Waals surface area contributed by atoms with Crippen molar-refractivity contribution in [3.8, 4) is 22.9 Å². The van der Waals surface area contributed by atoms with Crippen LogP contribution < -0.4 is 0 Å². The molecule has 1 aliphatic rings. The lowest BCUT2D eigenvalue weighted by atomic mass is 10.1. The van der Waals surface area contributed by atoms with Crippen LogP contribution in [0, 0.1) is 6.92 Å². The molecule has 0 aliphatic carbocycles. The van der Waals surface area contributed by atoms with Crippen molar-refractivity contribution in [2.24, 2.45) is 0 Å². The Kier molecular flexibility index (Phi) is 4.34. The predicted octanol–water partition coefficient (Wildman–Crippen LogP) is 3.50. The number of benzene rings is 2. The van der Waals surface area contributed by atoms with Gasteiger partial charge in [-0.15, -0.1) is 10.2 Å². The minimum absolute atomic E-state index is 0.302. The van der Waals surface area contributed by atoms with Crippen molar-refractivity contribution in [1.82, 2.24) is 14.5 Å². The van der Waals surface area contributed by atoms with Gasteiger partial charge >= 0.3 is 0 Å². The fourth-order valence-electron chi connectivity index (χ4n) is 3.12. The maximum absolute atomic E-state index is 12.9. The predicted molar refractivity (Wildman–Crippen MR) is 97.9 cm³/mol. The molecule has 0 bridgehead atoms. The molecule has 0 atom stereocenters. The van der Waals surface area contributed by atoms with E-state index < -0.39 is 10.0 Å². The molecule has 1 aliphatic heterocycles. The summed E-state index contributed by atoms with van der Waals surface area (Å²) in [5.41, 5.74) is 2.13. The molecule has 2 heterocycles. The van der Waals surface area contributed by atoms with Crippen LogP contribution in [0.1, 0.15) is 18.4 Å². The first-order chi connectivity index (χ1) is 12.6. The molecule has 0 unspecified atom stereocenters. The summed E-state index contributed by atoms with van der Waals surface area (Å²) in [7, 11) is -3.50. The van der Waals surface area contributed by atoms with Crippen molar-refractivity contribution in [1.29, 1.82) is 0 Å². The molecule has 0 spiro atoms. The van der Waals surface area contributed by atoms with Gasteiger partial charge in [-0.2, -0.15) is 4.31 Å². The maximum atomic E-state index is 12.9. The third kappa shape index (κ3) is 3.04. The standard InChI is InChI=1S/C19H19N3O3S/c1-14-9-10-16(13-17(14)26(23,24)22-11-5-6-12-22)19-21-20-18(25-19)15-7-3-2-4-8-15/h2-4,7-10,13H,5-6,11-12H2,1H3. The van der Waals surface area contributed by atoms with E-state index in [9.17, 15) is 8.42 Å². The molecule has 0 N–H and O–H groups in total. The number of hydrogen-bond acceptors (Lipinski definition) is 5. The average Bonchev–Trinajstić information content (AvgIpc) is 3.35. The molecule has 4 rings (SSSR count). The van der Waals surface area contributed by atoms with Crippen LogP contribution in [0.25, 0.3) is 22.9 Å². The summed E-state index contributed by atoms with van der Waals surface area (Å²) in [6.45, 7) is 2.95. The van der Waals surface area contributed by atoms with E-state index in [1.807, 2.05) is 30.3 Å². The Labute approximate surface area is 152 Å². The van der Waals surface area contributed by atoms with Gasteiger partial charge in [-0.05, 0) is 49.6 Å². The number of aromatic nitrogens is 2. The number of sulfonamides is 1. The molecule has 1 saturated heterocycles. The molecule has 7 heteroatoms. The van der Waals surface area contributed by atoms with Crippen LogP contribution in [-0.2, 0) is 10.0 Å². The zero-order chi connectivity index (χ0) is 18.1.